The van der Waals surface area contributed by atoms with Gasteiger partial charge < -0.3 is 23.7 Å². The molecule has 0 amide bonds. The highest BCUT2D eigenvalue weighted by Crippen LogP contribution is 2.40. The van der Waals surface area contributed by atoms with Gasteiger partial charge in [-0.15, -0.1) is 0 Å². The minimum atomic E-state index is -4.42. The van der Waals surface area contributed by atoms with Crippen LogP contribution in [0, 0.1) is 5.82 Å². The van der Waals surface area contributed by atoms with Crippen molar-refractivity contribution in [3.63, 3.8) is 0 Å². The van der Waals surface area contributed by atoms with Crippen LogP contribution in [0.1, 0.15) is 44.4 Å². The minimum absolute atomic E-state index is 0.0311. The van der Waals surface area contributed by atoms with Gasteiger partial charge in [-0.05, 0) is 66.0 Å². The summed E-state index contributed by atoms with van der Waals surface area (Å²) in [5.41, 5.74) is 0.876. The number of nitrogens with one attached hydrogen (secondary N) is 1. The maximum Gasteiger partial charge on any atom is 0.416 e. The molecule has 10 heteroatoms. The van der Waals surface area contributed by atoms with Crippen molar-refractivity contribution in [3.05, 3.63) is 71.0 Å². The van der Waals surface area contributed by atoms with Gasteiger partial charge in [-0.1, -0.05) is 39.8 Å². The molecular formula is C29H35F4NO4S. The van der Waals surface area contributed by atoms with Gasteiger partial charge in [0.25, 0.3) is 0 Å². The Morgan fingerprint density at radius 2 is 1.26 bits per heavy atom. The minimum Gasteiger partial charge on any atom is -0.493 e. The Morgan fingerprint density at radius 1 is 0.718 bits per heavy atom. The summed E-state index contributed by atoms with van der Waals surface area (Å²) in [5, 5.41) is 0. The molecule has 3 rings (SSSR count). The van der Waals surface area contributed by atoms with E-state index in [1.165, 1.54) is 46.6 Å². The molecule has 0 aliphatic rings. The second kappa shape index (κ2) is 16.4. The van der Waals surface area contributed by atoms with Crippen LogP contribution in [-0.4, -0.2) is 28.4 Å². The summed E-state index contributed by atoms with van der Waals surface area (Å²) in [6.45, 7) is 8.00. The first-order chi connectivity index (χ1) is 18.7. The Bertz CT molecular complexity index is 1170. The van der Waals surface area contributed by atoms with Crippen LogP contribution in [0.2, 0.25) is 0 Å². The van der Waals surface area contributed by atoms with Gasteiger partial charge in [0.1, 0.15) is 0 Å². The molecule has 3 aromatic rings. The molecule has 0 saturated carbocycles. The third-order valence-electron chi connectivity index (χ3n) is 4.94. The van der Waals surface area contributed by atoms with E-state index >= 15 is 0 Å². The van der Waals surface area contributed by atoms with Crippen molar-refractivity contribution in [3.8, 4) is 23.0 Å². The molecule has 0 saturated heterocycles. The number of hydrogen-bond acceptors (Lipinski definition) is 6. The molecule has 0 heterocycles. The normalized spacial score (nSPS) is 10.6. The van der Waals surface area contributed by atoms with Gasteiger partial charge in [-0.2, -0.15) is 13.2 Å². The monoisotopic (exact) mass is 569 g/mol. The van der Waals surface area contributed by atoms with Crippen LogP contribution < -0.4 is 23.7 Å². The van der Waals surface area contributed by atoms with E-state index in [1.807, 2.05) is 27.7 Å². The number of hydrogen-bond donors (Lipinski definition) is 1. The van der Waals surface area contributed by atoms with Gasteiger partial charge in [0, 0.05) is 10.5 Å². The maximum atomic E-state index is 14.4. The second-order valence-corrected chi connectivity index (χ2v) is 7.94. The van der Waals surface area contributed by atoms with E-state index in [0.29, 0.717) is 33.4 Å². The number of anilines is 1. The van der Waals surface area contributed by atoms with Crippen molar-refractivity contribution in [2.24, 2.45) is 0 Å². The van der Waals surface area contributed by atoms with Gasteiger partial charge in [0.05, 0.1) is 39.7 Å². The molecule has 1 N–H and O–H groups in total. The van der Waals surface area contributed by atoms with Gasteiger partial charge >= 0.3 is 6.18 Å². The molecule has 0 spiro atoms. The van der Waals surface area contributed by atoms with Crippen LogP contribution in [0.5, 0.6) is 23.0 Å². The van der Waals surface area contributed by atoms with E-state index < -0.39 is 17.6 Å². The van der Waals surface area contributed by atoms with Crippen LogP contribution in [-0.2, 0) is 6.18 Å². The predicted molar refractivity (Wildman–Crippen MR) is 152 cm³/mol. The van der Waals surface area contributed by atoms with Crippen molar-refractivity contribution < 1.29 is 36.5 Å². The number of halogens is 4. The smallest absolute Gasteiger partial charge is 0.416 e. The summed E-state index contributed by atoms with van der Waals surface area (Å²) in [6, 6.07) is 11.0. The average Bonchev–Trinajstić information content (AvgIpc) is 2.96. The standard InChI is InChI=1S/C25H23F4NO4S.2C2H6/c1-31-20-13-15(14-21(32-2)24(20)34-4)5-6-16-7-12-19(26)23(33-3)22(16)30-35-18-10-8-17(9-11-18)25(27,28)29;2*1-2/h5-14,30H,1-4H3;2*1-2H3/b6-5-;;. The largest absolute Gasteiger partial charge is 0.493 e. The predicted octanol–water partition coefficient (Wildman–Crippen LogP) is 9.22. The Morgan fingerprint density at radius 3 is 1.72 bits per heavy atom. The highest BCUT2D eigenvalue weighted by atomic mass is 32.2. The number of rotatable bonds is 9. The third kappa shape index (κ3) is 9.02. The average molecular weight is 570 g/mol. The van der Waals surface area contributed by atoms with Gasteiger partial charge in [0.2, 0.25) is 5.75 Å². The Kier molecular flexibility index (Phi) is 14.1. The first-order valence-electron chi connectivity index (χ1n) is 12.2. The number of alkyl halides is 3. The zero-order valence-corrected chi connectivity index (χ0v) is 24.1. The summed E-state index contributed by atoms with van der Waals surface area (Å²) in [6.07, 6.45) is -0.920. The quantitative estimate of drug-likeness (QED) is 0.157. The lowest BCUT2D eigenvalue weighted by atomic mass is 10.1. The molecular weight excluding hydrogens is 534 g/mol. The second-order valence-electron chi connectivity index (χ2n) is 7.06. The van der Waals surface area contributed by atoms with Gasteiger partial charge in [0.15, 0.2) is 23.1 Å². The van der Waals surface area contributed by atoms with Crippen molar-refractivity contribution in [1.82, 2.24) is 0 Å². The summed E-state index contributed by atoms with van der Waals surface area (Å²) in [5.74, 6) is 0.772. The molecule has 0 fully saturated rings. The molecule has 0 aromatic heterocycles. The summed E-state index contributed by atoms with van der Waals surface area (Å²) in [4.78, 5) is 0.504. The van der Waals surface area contributed by atoms with E-state index in [4.69, 9.17) is 18.9 Å². The maximum absolute atomic E-state index is 14.4. The number of methoxy groups -OCH3 is 4. The van der Waals surface area contributed by atoms with Crippen molar-refractivity contribution in [1.29, 1.82) is 0 Å². The van der Waals surface area contributed by atoms with Crippen molar-refractivity contribution in [2.45, 2.75) is 38.8 Å². The Balaban J connectivity index is 0.00000181. The highest BCUT2D eigenvalue weighted by Gasteiger charge is 2.30. The molecule has 0 atom stereocenters. The summed E-state index contributed by atoms with van der Waals surface area (Å²) >= 11 is 1.03. The highest BCUT2D eigenvalue weighted by molar-refractivity contribution is 8.00. The molecule has 0 unspecified atom stereocenters. The van der Waals surface area contributed by atoms with Crippen molar-refractivity contribution in [2.75, 3.05) is 33.2 Å². The first kappa shape index (κ1) is 33.5. The van der Waals surface area contributed by atoms with Crippen molar-refractivity contribution >= 4 is 29.8 Å². The molecule has 0 bridgehead atoms. The zero-order valence-electron chi connectivity index (χ0n) is 23.3. The zero-order chi connectivity index (χ0) is 29.6. The van der Waals surface area contributed by atoms with E-state index in [0.717, 1.165) is 29.6 Å². The first-order valence-corrected chi connectivity index (χ1v) is 13.0. The van der Waals surface area contributed by atoms with Crippen LogP contribution >= 0.6 is 11.9 Å². The fraction of sp³-hybridized carbons (Fsp3) is 0.310. The van der Waals surface area contributed by atoms with Gasteiger partial charge in [-0.25, -0.2) is 4.39 Å². The van der Waals surface area contributed by atoms with E-state index in [1.54, 1.807) is 30.4 Å². The fourth-order valence-electron chi connectivity index (χ4n) is 3.22. The van der Waals surface area contributed by atoms with Crippen LogP contribution in [0.4, 0.5) is 23.2 Å². The summed E-state index contributed by atoms with van der Waals surface area (Å²) in [7, 11) is 5.86. The topological polar surface area (TPSA) is 49.0 Å². The van der Waals surface area contributed by atoms with Crippen LogP contribution in [0.25, 0.3) is 12.2 Å². The Labute approximate surface area is 232 Å². The molecule has 214 valence electrons. The molecule has 0 aliphatic carbocycles. The fourth-order valence-corrected chi connectivity index (χ4v) is 3.92. The molecule has 5 nitrogen and oxygen atoms in total. The lowest BCUT2D eigenvalue weighted by Crippen LogP contribution is -2.04. The number of benzene rings is 3. The molecule has 3 aromatic carbocycles. The van der Waals surface area contributed by atoms with E-state index in [9.17, 15) is 17.6 Å². The molecule has 0 radical (unpaired) electrons. The summed E-state index contributed by atoms with van der Waals surface area (Å²) < 4.78 is 77.2. The van der Waals surface area contributed by atoms with E-state index in [-0.39, 0.29) is 5.75 Å². The van der Waals surface area contributed by atoms with E-state index in [2.05, 4.69) is 4.72 Å². The Hall–Kier alpha value is -3.53. The molecule has 0 aliphatic heterocycles. The molecule has 39 heavy (non-hydrogen) atoms. The number of ether oxygens (including phenoxy) is 4. The lowest BCUT2D eigenvalue weighted by molar-refractivity contribution is -0.137. The van der Waals surface area contributed by atoms with Crippen LogP contribution in [0.3, 0.4) is 0 Å². The lowest BCUT2D eigenvalue weighted by Gasteiger charge is -2.15. The van der Waals surface area contributed by atoms with Gasteiger partial charge in [-0.3, -0.25) is 0 Å². The SMILES string of the molecule is CC.CC.COc1cc(/C=C\c2ccc(F)c(OC)c2NSc2ccc(C(F)(F)F)cc2)cc(OC)c1OC. The van der Waals surface area contributed by atoms with Crippen LogP contribution in [0.15, 0.2) is 53.4 Å². The third-order valence-corrected chi connectivity index (χ3v) is 5.76.